The molecule has 180 valence electrons. The SMILES string of the molecule is C=C(C)NCCCC(NC(=O)/C(C=O)=C/C=C\N(C)Cc1cccc(C(F)(F)F)c1)C(=O)O. The molecule has 0 aliphatic carbocycles. The number of nitrogens with one attached hydrogen (secondary N) is 2. The Labute approximate surface area is 190 Å². The molecule has 0 fully saturated rings. The predicted octanol–water partition coefficient (Wildman–Crippen LogP) is 3.25. The first-order valence-electron chi connectivity index (χ1n) is 10.1. The third-order valence-electron chi connectivity index (χ3n) is 4.39. The van der Waals surface area contributed by atoms with E-state index in [1.807, 2.05) is 0 Å². The average molecular weight is 467 g/mol. The Hall–Kier alpha value is -3.56. The van der Waals surface area contributed by atoms with Crippen LogP contribution in [0.15, 0.2) is 60.5 Å². The highest BCUT2D eigenvalue weighted by Gasteiger charge is 2.30. The van der Waals surface area contributed by atoms with Crippen LogP contribution < -0.4 is 10.6 Å². The second-order valence-corrected chi connectivity index (χ2v) is 7.41. The van der Waals surface area contributed by atoms with Crippen molar-refractivity contribution in [3.05, 3.63) is 71.6 Å². The number of benzene rings is 1. The quantitative estimate of drug-likeness (QED) is 0.103. The van der Waals surface area contributed by atoms with Gasteiger partial charge in [0.15, 0.2) is 6.29 Å². The molecule has 1 aromatic carbocycles. The van der Waals surface area contributed by atoms with Crippen molar-refractivity contribution in [1.29, 1.82) is 0 Å². The van der Waals surface area contributed by atoms with Crippen LogP contribution in [-0.2, 0) is 27.1 Å². The fourth-order valence-corrected chi connectivity index (χ4v) is 2.76. The van der Waals surface area contributed by atoms with Crippen molar-refractivity contribution >= 4 is 18.2 Å². The molecule has 1 rings (SSSR count). The monoisotopic (exact) mass is 467 g/mol. The molecule has 0 saturated heterocycles. The Balaban J connectivity index is 2.72. The number of aldehydes is 1. The lowest BCUT2D eigenvalue weighted by atomic mass is 10.1. The zero-order chi connectivity index (χ0) is 25.0. The number of halogens is 3. The van der Waals surface area contributed by atoms with E-state index in [0.717, 1.165) is 17.8 Å². The van der Waals surface area contributed by atoms with Gasteiger partial charge in [0.25, 0.3) is 5.91 Å². The molecule has 0 radical (unpaired) electrons. The van der Waals surface area contributed by atoms with Gasteiger partial charge in [-0.25, -0.2) is 4.79 Å². The summed E-state index contributed by atoms with van der Waals surface area (Å²) in [5, 5.41) is 14.6. The van der Waals surface area contributed by atoms with Crippen LogP contribution in [0.2, 0.25) is 0 Å². The molecule has 1 amide bonds. The van der Waals surface area contributed by atoms with E-state index < -0.39 is 29.7 Å². The molecule has 1 aromatic rings. The van der Waals surface area contributed by atoms with Crippen molar-refractivity contribution in [3.8, 4) is 0 Å². The van der Waals surface area contributed by atoms with Gasteiger partial charge in [-0.3, -0.25) is 9.59 Å². The highest BCUT2D eigenvalue weighted by molar-refractivity contribution is 6.11. The molecule has 0 spiro atoms. The molecular weight excluding hydrogens is 439 g/mol. The maximum atomic E-state index is 12.8. The van der Waals surface area contributed by atoms with Crippen molar-refractivity contribution in [3.63, 3.8) is 0 Å². The lowest BCUT2D eigenvalue weighted by Crippen LogP contribution is -2.42. The topological polar surface area (TPSA) is 98.7 Å². The number of hydrogen-bond donors (Lipinski definition) is 3. The van der Waals surface area contributed by atoms with E-state index in [0.29, 0.717) is 24.8 Å². The second-order valence-electron chi connectivity index (χ2n) is 7.41. The number of alkyl halides is 3. The molecule has 0 heterocycles. The maximum Gasteiger partial charge on any atom is 0.416 e. The minimum atomic E-state index is -4.44. The van der Waals surface area contributed by atoms with Crippen LogP contribution in [0.25, 0.3) is 0 Å². The standard InChI is InChI=1S/C23H28F3N3O4/c1-16(2)27-11-5-10-20(22(32)33)28-21(31)18(15-30)8-6-12-29(3)14-17-7-4-9-19(13-17)23(24,25)26/h4,6-9,12-13,15,20,27H,1,5,10-11,14H2,2-3H3,(H,28,31)(H,32,33)/b12-6-,18-8+. The van der Waals surface area contributed by atoms with Crippen LogP contribution in [0.1, 0.15) is 30.9 Å². The van der Waals surface area contributed by atoms with Crippen LogP contribution in [0.3, 0.4) is 0 Å². The molecule has 7 nitrogen and oxygen atoms in total. The summed E-state index contributed by atoms with van der Waals surface area (Å²) in [6.45, 7) is 6.09. The number of nitrogens with zero attached hydrogens (tertiary/aromatic N) is 1. The highest BCUT2D eigenvalue weighted by atomic mass is 19.4. The van der Waals surface area contributed by atoms with Crippen molar-refractivity contribution in [2.45, 2.75) is 38.5 Å². The first-order chi connectivity index (χ1) is 15.4. The first-order valence-corrected chi connectivity index (χ1v) is 10.1. The predicted molar refractivity (Wildman–Crippen MR) is 118 cm³/mol. The van der Waals surface area contributed by atoms with Gasteiger partial charge in [-0.1, -0.05) is 18.7 Å². The number of hydrogen-bond acceptors (Lipinski definition) is 5. The Kier molecular flexibility index (Phi) is 10.9. The molecule has 0 bridgehead atoms. The molecule has 0 aromatic heterocycles. The van der Waals surface area contributed by atoms with Gasteiger partial charge in [0.2, 0.25) is 0 Å². The fourth-order valence-electron chi connectivity index (χ4n) is 2.76. The number of rotatable bonds is 13. The number of amides is 1. The van der Waals surface area contributed by atoms with E-state index in [1.165, 1.54) is 24.4 Å². The lowest BCUT2D eigenvalue weighted by Gasteiger charge is -2.15. The van der Waals surface area contributed by atoms with Gasteiger partial charge in [0, 0.05) is 25.8 Å². The molecule has 0 aliphatic heterocycles. The summed E-state index contributed by atoms with van der Waals surface area (Å²) in [6.07, 6.45) is 0.543. The normalized spacial score (nSPS) is 12.8. The van der Waals surface area contributed by atoms with Crippen molar-refractivity contribution in [1.82, 2.24) is 15.5 Å². The third-order valence-corrected chi connectivity index (χ3v) is 4.39. The molecule has 1 unspecified atom stereocenters. The maximum absolute atomic E-state index is 12.8. The highest BCUT2D eigenvalue weighted by Crippen LogP contribution is 2.29. The largest absolute Gasteiger partial charge is 0.480 e. The second kappa shape index (κ2) is 13.1. The number of carboxylic acid groups (broad SMARTS) is 1. The smallest absolute Gasteiger partial charge is 0.416 e. The zero-order valence-electron chi connectivity index (χ0n) is 18.5. The molecule has 33 heavy (non-hydrogen) atoms. The van der Waals surface area contributed by atoms with E-state index in [-0.39, 0.29) is 18.5 Å². The molecule has 0 saturated carbocycles. The number of allylic oxidation sites excluding steroid dienone is 3. The van der Waals surface area contributed by atoms with Gasteiger partial charge in [-0.2, -0.15) is 13.2 Å². The van der Waals surface area contributed by atoms with E-state index in [4.69, 9.17) is 0 Å². The third kappa shape index (κ3) is 10.5. The first kappa shape index (κ1) is 27.5. The van der Waals surface area contributed by atoms with Gasteiger partial charge < -0.3 is 20.6 Å². The zero-order valence-corrected chi connectivity index (χ0v) is 18.5. The summed E-state index contributed by atoms with van der Waals surface area (Å²) in [5.41, 5.74) is 0.132. The Morgan fingerprint density at radius 1 is 1.30 bits per heavy atom. The van der Waals surface area contributed by atoms with E-state index >= 15 is 0 Å². The van der Waals surface area contributed by atoms with Crippen LogP contribution in [0, 0.1) is 0 Å². The van der Waals surface area contributed by atoms with Gasteiger partial charge in [-0.05, 0) is 55.8 Å². The van der Waals surface area contributed by atoms with Crippen molar-refractivity contribution in [2.75, 3.05) is 13.6 Å². The van der Waals surface area contributed by atoms with Gasteiger partial charge in [0.1, 0.15) is 6.04 Å². The molecule has 10 heteroatoms. The minimum Gasteiger partial charge on any atom is -0.480 e. The summed E-state index contributed by atoms with van der Waals surface area (Å²) in [6, 6.07) is 3.73. The van der Waals surface area contributed by atoms with E-state index in [2.05, 4.69) is 17.2 Å². The van der Waals surface area contributed by atoms with Gasteiger partial charge >= 0.3 is 12.1 Å². The van der Waals surface area contributed by atoms with E-state index in [1.54, 1.807) is 24.9 Å². The lowest BCUT2D eigenvalue weighted by molar-refractivity contribution is -0.141. The Morgan fingerprint density at radius 2 is 2.00 bits per heavy atom. The molecule has 1 atom stereocenters. The molecule has 3 N–H and O–H groups in total. The number of carbonyl (C=O) groups is 3. The summed E-state index contributed by atoms with van der Waals surface area (Å²) in [4.78, 5) is 36.5. The number of carboxylic acids is 1. The van der Waals surface area contributed by atoms with Crippen LogP contribution >= 0.6 is 0 Å². The van der Waals surface area contributed by atoms with Crippen LogP contribution in [-0.4, -0.2) is 47.8 Å². The average Bonchev–Trinajstić information content (AvgIpc) is 2.72. The summed E-state index contributed by atoms with van der Waals surface area (Å²) in [7, 11) is 1.62. The summed E-state index contributed by atoms with van der Waals surface area (Å²) in [5.74, 6) is -2.06. The number of aliphatic carboxylic acids is 1. The van der Waals surface area contributed by atoms with Crippen molar-refractivity contribution in [2.24, 2.45) is 0 Å². The summed E-state index contributed by atoms with van der Waals surface area (Å²) < 4.78 is 38.5. The molecular formula is C23H28F3N3O4. The fraction of sp³-hybridized carbons (Fsp3) is 0.348. The van der Waals surface area contributed by atoms with Crippen molar-refractivity contribution < 1.29 is 32.7 Å². The molecule has 0 aliphatic rings. The van der Waals surface area contributed by atoms with Gasteiger partial charge in [-0.15, -0.1) is 0 Å². The van der Waals surface area contributed by atoms with Crippen LogP contribution in [0.5, 0.6) is 0 Å². The van der Waals surface area contributed by atoms with Crippen LogP contribution in [0.4, 0.5) is 13.2 Å². The Bertz CT molecular complexity index is 910. The minimum absolute atomic E-state index is 0.156. The van der Waals surface area contributed by atoms with E-state index in [9.17, 15) is 32.7 Å². The number of carbonyl (C=O) groups excluding carboxylic acids is 2. The van der Waals surface area contributed by atoms with Gasteiger partial charge in [0.05, 0.1) is 11.1 Å². The Morgan fingerprint density at radius 3 is 2.58 bits per heavy atom. The summed E-state index contributed by atoms with van der Waals surface area (Å²) >= 11 is 0.